The minimum Gasteiger partial charge on any atom is -0.497 e. The summed E-state index contributed by atoms with van der Waals surface area (Å²) < 4.78 is 76.3. The molecule has 0 bridgehead atoms. The van der Waals surface area contributed by atoms with Crippen LogP contribution in [-0.4, -0.2) is 35.9 Å². The third kappa shape index (κ3) is 6.99. The summed E-state index contributed by atoms with van der Waals surface area (Å²) in [5.41, 5.74) is -0.340. The highest BCUT2D eigenvalue weighted by Crippen LogP contribution is 2.41. The molecule has 0 radical (unpaired) electrons. The van der Waals surface area contributed by atoms with E-state index >= 15 is 4.39 Å². The van der Waals surface area contributed by atoms with Crippen LogP contribution in [0.15, 0.2) is 65.3 Å². The summed E-state index contributed by atoms with van der Waals surface area (Å²) in [5, 5.41) is 5.83. The number of methoxy groups -OCH3 is 1. The van der Waals surface area contributed by atoms with Crippen molar-refractivity contribution in [3.8, 4) is 28.5 Å². The van der Waals surface area contributed by atoms with Gasteiger partial charge in [0.1, 0.15) is 29.3 Å². The predicted octanol–water partition coefficient (Wildman–Crippen LogP) is 6.88. The van der Waals surface area contributed by atoms with E-state index in [1.54, 1.807) is 19.2 Å². The molecule has 2 aromatic carbocycles. The zero-order valence-electron chi connectivity index (χ0n) is 23.3. The lowest BCUT2D eigenvalue weighted by molar-refractivity contribution is -0.185. The molecule has 4 aromatic rings. The van der Waals surface area contributed by atoms with Gasteiger partial charge in [-0.2, -0.15) is 13.2 Å². The first-order valence-corrected chi connectivity index (χ1v) is 12.9. The molecular formula is C30H29F4N3O5. The first kappa shape index (κ1) is 30.4. The van der Waals surface area contributed by atoms with Gasteiger partial charge in [0.2, 0.25) is 11.8 Å². The highest BCUT2D eigenvalue weighted by atomic mass is 19.4. The zero-order chi connectivity index (χ0) is 30.5. The van der Waals surface area contributed by atoms with Crippen LogP contribution in [0.1, 0.15) is 37.7 Å². The van der Waals surface area contributed by atoms with E-state index in [2.05, 4.69) is 15.5 Å². The standard InChI is InChI=1S/C30H29F4N3O5/c1-5-40-24-14-28(41-17-18-6-10-21(39-4)11-7-18)35-16-22(24)19-8-9-20(23(31)12-19)13-27(38)36-26-15-25(42-37-26)29(2,3)30(32,33)34/h6-12,14-16H,5,13,17H2,1-4H3,(H,36,37,38). The van der Waals surface area contributed by atoms with Gasteiger partial charge in [-0.1, -0.05) is 29.4 Å². The van der Waals surface area contributed by atoms with Crippen molar-refractivity contribution in [2.45, 2.75) is 45.4 Å². The Morgan fingerprint density at radius 1 is 1.02 bits per heavy atom. The Labute approximate surface area is 239 Å². The number of carbonyl (C=O) groups excluding carboxylic acids is 1. The highest BCUT2D eigenvalue weighted by molar-refractivity contribution is 5.91. The maximum Gasteiger partial charge on any atom is 0.401 e. The summed E-state index contributed by atoms with van der Waals surface area (Å²) >= 11 is 0. The van der Waals surface area contributed by atoms with Crippen molar-refractivity contribution in [3.63, 3.8) is 0 Å². The van der Waals surface area contributed by atoms with Crippen LogP contribution in [0.2, 0.25) is 0 Å². The zero-order valence-corrected chi connectivity index (χ0v) is 23.3. The molecule has 0 aliphatic carbocycles. The van der Waals surface area contributed by atoms with Gasteiger partial charge in [0, 0.05) is 23.9 Å². The van der Waals surface area contributed by atoms with Crippen LogP contribution in [0, 0.1) is 5.82 Å². The number of amides is 1. The number of hydrogen-bond acceptors (Lipinski definition) is 7. The van der Waals surface area contributed by atoms with Crippen LogP contribution in [0.25, 0.3) is 11.1 Å². The number of rotatable bonds is 11. The fraction of sp³-hybridized carbons (Fsp3) is 0.300. The largest absolute Gasteiger partial charge is 0.497 e. The molecule has 0 fully saturated rings. The third-order valence-corrected chi connectivity index (χ3v) is 6.50. The summed E-state index contributed by atoms with van der Waals surface area (Å²) in [5.74, 6) is -0.517. The molecule has 1 N–H and O–H groups in total. The molecule has 2 aromatic heterocycles. The molecule has 0 unspecified atom stereocenters. The number of benzene rings is 2. The quantitative estimate of drug-likeness (QED) is 0.191. The van der Waals surface area contributed by atoms with Gasteiger partial charge in [0.25, 0.3) is 0 Å². The van der Waals surface area contributed by atoms with Crippen LogP contribution >= 0.6 is 0 Å². The average Bonchev–Trinajstić information content (AvgIpc) is 3.42. The number of nitrogens with one attached hydrogen (secondary N) is 1. The van der Waals surface area contributed by atoms with Gasteiger partial charge in [-0.05, 0) is 55.7 Å². The van der Waals surface area contributed by atoms with E-state index in [0.717, 1.165) is 31.2 Å². The lowest BCUT2D eigenvalue weighted by Gasteiger charge is -2.24. The van der Waals surface area contributed by atoms with Crippen molar-refractivity contribution < 1.29 is 41.1 Å². The van der Waals surface area contributed by atoms with Crippen LogP contribution in [0.5, 0.6) is 17.4 Å². The summed E-state index contributed by atoms with van der Waals surface area (Å²) in [6.07, 6.45) is -3.45. The van der Waals surface area contributed by atoms with E-state index in [9.17, 15) is 18.0 Å². The van der Waals surface area contributed by atoms with Crippen molar-refractivity contribution in [1.82, 2.24) is 10.1 Å². The fourth-order valence-electron chi connectivity index (χ4n) is 3.86. The number of halogens is 4. The second-order valence-corrected chi connectivity index (χ2v) is 9.82. The number of pyridine rings is 1. The second kappa shape index (κ2) is 12.5. The molecule has 42 heavy (non-hydrogen) atoms. The van der Waals surface area contributed by atoms with Crippen LogP contribution < -0.4 is 19.5 Å². The van der Waals surface area contributed by atoms with E-state index in [1.165, 1.54) is 18.3 Å². The van der Waals surface area contributed by atoms with E-state index < -0.39 is 29.1 Å². The van der Waals surface area contributed by atoms with Crippen LogP contribution in [-0.2, 0) is 23.2 Å². The van der Waals surface area contributed by atoms with Gasteiger partial charge < -0.3 is 24.1 Å². The molecule has 8 nitrogen and oxygen atoms in total. The van der Waals surface area contributed by atoms with Gasteiger partial charge in [-0.3, -0.25) is 4.79 Å². The number of ether oxygens (including phenoxy) is 3. The van der Waals surface area contributed by atoms with Crippen molar-refractivity contribution in [1.29, 1.82) is 0 Å². The van der Waals surface area contributed by atoms with Crippen molar-refractivity contribution in [2.75, 3.05) is 19.0 Å². The Hall–Kier alpha value is -4.61. The maximum absolute atomic E-state index is 15.1. The van der Waals surface area contributed by atoms with Gasteiger partial charge in [-0.15, -0.1) is 0 Å². The molecule has 222 valence electrons. The number of anilines is 1. The molecule has 0 saturated carbocycles. The first-order chi connectivity index (χ1) is 19.9. The Bertz CT molecular complexity index is 1530. The van der Waals surface area contributed by atoms with Gasteiger partial charge in [0.15, 0.2) is 11.6 Å². The minimum absolute atomic E-state index is 0.0703. The van der Waals surface area contributed by atoms with Crippen LogP contribution in [0.4, 0.5) is 23.4 Å². The molecule has 0 saturated heterocycles. The normalized spacial score (nSPS) is 11.7. The Kier molecular flexibility index (Phi) is 9.03. The molecule has 0 spiro atoms. The molecule has 0 atom stereocenters. The number of nitrogens with zero attached hydrogens (tertiary/aromatic N) is 2. The van der Waals surface area contributed by atoms with E-state index in [-0.39, 0.29) is 24.4 Å². The summed E-state index contributed by atoms with van der Waals surface area (Å²) in [4.78, 5) is 16.8. The highest BCUT2D eigenvalue weighted by Gasteiger charge is 2.51. The Morgan fingerprint density at radius 2 is 1.76 bits per heavy atom. The molecule has 1 amide bonds. The van der Waals surface area contributed by atoms with Gasteiger partial charge in [0.05, 0.1) is 20.1 Å². The third-order valence-electron chi connectivity index (χ3n) is 6.50. The summed E-state index contributed by atoms with van der Waals surface area (Å²) in [6.45, 7) is 4.30. The Morgan fingerprint density at radius 3 is 2.40 bits per heavy atom. The number of carbonyl (C=O) groups is 1. The lowest BCUT2D eigenvalue weighted by atomic mass is 9.89. The monoisotopic (exact) mass is 587 g/mol. The SMILES string of the molecule is CCOc1cc(OCc2ccc(OC)cc2)ncc1-c1ccc(CC(=O)Nc2cc(C(C)(C)C(F)(F)F)on2)c(F)c1. The maximum atomic E-state index is 15.1. The lowest BCUT2D eigenvalue weighted by Crippen LogP contribution is -2.35. The molecule has 0 aliphatic heterocycles. The predicted molar refractivity (Wildman–Crippen MR) is 146 cm³/mol. The number of alkyl halides is 3. The van der Waals surface area contributed by atoms with Crippen molar-refractivity contribution in [3.05, 3.63) is 83.5 Å². The Balaban J connectivity index is 1.44. The first-order valence-electron chi connectivity index (χ1n) is 12.9. The minimum atomic E-state index is -4.58. The number of hydrogen-bond donors (Lipinski definition) is 1. The van der Waals surface area contributed by atoms with Gasteiger partial charge in [-0.25, -0.2) is 9.37 Å². The van der Waals surface area contributed by atoms with E-state index in [0.29, 0.717) is 29.4 Å². The summed E-state index contributed by atoms with van der Waals surface area (Å²) in [7, 11) is 1.59. The fourth-order valence-corrected chi connectivity index (χ4v) is 3.86. The van der Waals surface area contributed by atoms with Crippen LogP contribution in [0.3, 0.4) is 0 Å². The van der Waals surface area contributed by atoms with E-state index in [1.807, 2.05) is 31.2 Å². The second-order valence-electron chi connectivity index (χ2n) is 9.82. The smallest absolute Gasteiger partial charge is 0.401 e. The van der Waals surface area contributed by atoms with Crippen molar-refractivity contribution in [2.24, 2.45) is 0 Å². The number of aromatic nitrogens is 2. The average molecular weight is 588 g/mol. The van der Waals surface area contributed by atoms with Crippen molar-refractivity contribution >= 4 is 11.7 Å². The molecular weight excluding hydrogens is 558 g/mol. The van der Waals surface area contributed by atoms with Gasteiger partial charge >= 0.3 is 6.18 Å². The molecule has 2 heterocycles. The topological polar surface area (TPSA) is 95.7 Å². The molecule has 0 aliphatic rings. The molecule has 12 heteroatoms. The summed E-state index contributed by atoms with van der Waals surface area (Å²) in [6, 6.07) is 14.3. The van der Waals surface area contributed by atoms with E-state index in [4.69, 9.17) is 18.7 Å². The molecule has 4 rings (SSSR count).